The van der Waals surface area contributed by atoms with E-state index in [-0.39, 0.29) is 5.92 Å². The van der Waals surface area contributed by atoms with Gasteiger partial charge in [-0.05, 0) is 41.8 Å². The zero-order valence-electron chi connectivity index (χ0n) is 10.6. The fourth-order valence-corrected chi connectivity index (χ4v) is 2.06. The van der Waals surface area contributed by atoms with E-state index < -0.39 is 0 Å². The summed E-state index contributed by atoms with van der Waals surface area (Å²) in [5, 5.41) is 9.99. The molecule has 0 aliphatic heterocycles. The Bertz CT molecular complexity index is 569. The standard InChI is InChI=1S/C16H14ClNO/c1-19-16-8-2-12(3-9-16)10-14(11-18)13-4-6-15(17)7-5-13/h2-9,14H,10H2,1H3/t14-/m0/s1. The fraction of sp³-hybridized carbons (Fsp3) is 0.188. The molecular weight excluding hydrogens is 258 g/mol. The van der Waals surface area contributed by atoms with Crippen molar-refractivity contribution < 1.29 is 4.74 Å². The highest BCUT2D eigenvalue weighted by Gasteiger charge is 2.11. The van der Waals surface area contributed by atoms with Crippen molar-refractivity contribution in [2.75, 3.05) is 7.11 Å². The third-order valence-corrected chi connectivity index (χ3v) is 3.28. The first-order valence-electron chi connectivity index (χ1n) is 6.01. The van der Waals surface area contributed by atoms with Gasteiger partial charge < -0.3 is 4.74 Å². The quantitative estimate of drug-likeness (QED) is 0.835. The summed E-state index contributed by atoms with van der Waals surface area (Å²) in [6.45, 7) is 0. The van der Waals surface area contributed by atoms with E-state index in [1.54, 1.807) is 7.11 Å². The van der Waals surface area contributed by atoms with Gasteiger partial charge in [0.05, 0.1) is 19.1 Å². The van der Waals surface area contributed by atoms with Crippen molar-refractivity contribution in [2.24, 2.45) is 0 Å². The number of rotatable bonds is 4. The van der Waals surface area contributed by atoms with Crippen LogP contribution >= 0.6 is 11.6 Å². The van der Waals surface area contributed by atoms with Gasteiger partial charge in [-0.3, -0.25) is 0 Å². The highest BCUT2D eigenvalue weighted by molar-refractivity contribution is 6.30. The Hall–Kier alpha value is -1.98. The zero-order chi connectivity index (χ0) is 13.7. The monoisotopic (exact) mass is 271 g/mol. The number of nitriles is 1. The first-order valence-corrected chi connectivity index (χ1v) is 6.38. The van der Waals surface area contributed by atoms with Crippen molar-refractivity contribution >= 4 is 11.6 Å². The lowest BCUT2D eigenvalue weighted by Crippen LogP contribution is -2.00. The zero-order valence-corrected chi connectivity index (χ0v) is 11.4. The average Bonchev–Trinajstić information content (AvgIpc) is 2.46. The summed E-state index contributed by atoms with van der Waals surface area (Å²) in [6, 6.07) is 17.6. The van der Waals surface area contributed by atoms with E-state index in [4.69, 9.17) is 16.3 Å². The molecule has 0 N–H and O–H groups in total. The molecule has 0 aliphatic carbocycles. The second kappa shape index (κ2) is 6.26. The number of benzene rings is 2. The first-order chi connectivity index (χ1) is 9.22. The molecule has 2 aromatic carbocycles. The van der Waals surface area contributed by atoms with Crippen LogP contribution in [0.5, 0.6) is 5.75 Å². The van der Waals surface area contributed by atoms with Crippen LogP contribution in [0.2, 0.25) is 5.02 Å². The van der Waals surface area contributed by atoms with Crippen molar-refractivity contribution in [2.45, 2.75) is 12.3 Å². The van der Waals surface area contributed by atoms with E-state index in [1.165, 1.54) is 0 Å². The summed E-state index contributed by atoms with van der Waals surface area (Å²) in [4.78, 5) is 0. The molecule has 2 nitrogen and oxygen atoms in total. The van der Waals surface area contributed by atoms with Crippen LogP contribution in [0.3, 0.4) is 0 Å². The van der Waals surface area contributed by atoms with Crippen LogP contribution in [0.4, 0.5) is 0 Å². The predicted octanol–water partition coefficient (Wildman–Crippen LogP) is 4.20. The summed E-state index contributed by atoms with van der Waals surface area (Å²) in [7, 11) is 1.64. The van der Waals surface area contributed by atoms with E-state index in [9.17, 15) is 5.26 Å². The summed E-state index contributed by atoms with van der Waals surface area (Å²) >= 11 is 5.86. The molecule has 0 saturated heterocycles. The molecule has 0 heterocycles. The van der Waals surface area contributed by atoms with E-state index in [2.05, 4.69) is 6.07 Å². The Balaban J connectivity index is 2.14. The molecule has 0 aromatic heterocycles. The smallest absolute Gasteiger partial charge is 0.118 e. The number of methoxy groups -OCH3 is 1. The van der Waals surface area contributed by atoms with E-state index in [0.717, 1.165) is 16.9 Å². The average molecular weight is 272 g/mol. The minimum atomic E-state index is -0.161. The summed E-state index contributed by atoms with van der Waals surface area (Å²) in [5.74, 6) is 0.661. The number of hydrogen-bond donors (Lipinski definition) is 0. The second-order valence-corrected chi connectivity index (χ2v) is 4.72. The molecule has 0 amide bonds. The van der Waals surface area contributed by atoms with Crippen LogP contribution < -0.4 is 4.74 Å². The van der Waals surface area contributed by atoms with Gasteiger partial charge >= 0.3 is 0 Å². The second-order valence-electron chi connectivity index (χ2n) is 4.29. The number of nitrogens with zero attached hydrogens (tertiary/aromatic N) is 1. The normalized spacial score (nSPS) is 11.6. The van der Waals surface area contributed by atoms with Crippen molar-refractivity contribution in [3.63, 3.8) is 0 Å². The number of halogens is 1. The molecule has 2 aromatic rings. The van der Waals surface area contributed by atoms with E-state index in [1.807, 2.05) is 48.5 Å². The molecule has 19 heavy (non-hydrogen) atoms. The lowest BCUT2D eigenvalue weighted by Gasteiger charge is -2.10. The molecule has 0 aliphatic rings. The molecule has 2 rings (SSSR count). The van der Waals surface area contributed by atoms with Crippen LogP contribution in [0.15, 0.2) is 48.5 Å². The maximum atomic E-state index is 9.30. The van der Waals surface area contributed by atoms with Crippen LogP contribution in [0.1, 0.15) is 17.0 Å². The summed E-state index contributed by atoms with van der Waals surface area (Å²) in [5.41, 5.74) is 2.10. The lowest BCUT2D eigenvalue weighted by molar-refractivity contribution is 0.414. The Kier molecular flexibility index (Phi) is 4.43. The Labute approximate surface area is 118 Å². The van der Waals surface area contributed by atoms with Crippen LogP contribution in [-0.4, -0.2) is 7.11 Å². The van der Waals surface area contributed by atoms with Gasteiger partial charge in [-0.15, -0.1) is 0 Å². The molecule has 0 radical (unpaired) electrons. The highest BCUT2D eigenvalue weighted by atomic mass is 35.5. The van der Waals surface area contributed by atoms with Gasteiger partial charge in [0, 0.05) is 5.02 Å². The number of ether oxygens (including phenoxy) is 1. The van der Waals surface area contributed by atoms with Crippen LogP contribution in [-0.2, 0) is 6.42 Å². The molecule has 0 saturated carbocycles. The maximum Gasteiger partial charge on any atom is 0.118 e. The van der Waals surface area contributed by atoms with E-state index in [0.29, 0.717) is 11.4 Å². The van der Waals surface area contributed by atoms with Crippen LogP contribution in [0, 0.1) is 11.3 Å². The van der Waals surface area contributed by atoms with Gasteiger partial charge in [0.2, 0.25) is 0 Å². The summed E-state index contributed by atoms with van der Waals surface area (Å²) < 4.78 is 5.12. The minimum Gasteiger partial charge on any atom is -0.497 e. The van der Waals surface area contributed by atoms with Crippen molar-refractivity contribution in [3.8, 4) is 11.8 Å². The van der Waals surface area contributed by atoms with E-state index >= 15 is 0 Å². The SMILES string of the molecule is COc1ccc(C[C@@H](C#N)c2ccc(Cl)cc2)cc1. The number of hydrogen-bond acceptors (Lipinski definition) is 2. The molecule has 1 atom stereocenters. The third-order valence-electron chi connectivity index (χ3n) is 3.03. The molecule has 0 spiro atoms. The largest absolute Gasteiger partial charge is 0.497 e. The molecule has 96 valence electrons. The van der Waals surface area contributed by atoms with Gasteiger partial charge in [0.25, 0.3) is 0 Å². The molecule has 3 heteroatoms. The molecule has 0 bridgehead atoms. The van der Waals surface area contributed by atoms with Gasteiger partial charge in [-0.25, -0.2) is 0 Å². The highest BCUT2D eigenvalue weighted by Crippen LogP contribution is 2.23. The van der Waals surface area contributed by atoms with Crippen molar-refractivity contribution in [1.82, 2.24) is 0 Å². The molecular formula is C16H14ClNO. The summed E-state index contributed by atoms with van der Waals surface area (Å²) in [6.07, 6.45) is 0.683. The van der Waals surface area contributed by atoms with Gasteiger partial charge in [0.1, 0.15) is 5.75 Å². The minimum absolute atomic E-state index is 0.161. The maximum absolute atomic E-state index is 9.30. The Morgan fingerprint density at radius 1 is 1.11 bits per heavy atom. The van der Waals surface area contributed by atoms with Crippen molar-refractivity contribution in [1.29, 1.82) is 5.26 Å². The Morgan fingerprint density at radius 3 is 2.26 bits per heavy atom. The van der Waals surface area contributed by atoms with Gasteiger partial charge in [0.15, 0.2) is 0 Å². The first kappa shape index (κ1) is 13.5. The lowest BCUT2D eigenvalue weighted by atomic mass is 9.93. The molecule has 0 unspecified atom stereocenters. The fourth-order valence-electron chi connectivity index (χ4n) is 1.93. The van der Waals surface area contributed by atoms with Crippen molar-refractivity contribution in [3.05, 3.63) is 64.7 Å². The topological polar surface area (TPSA) is 33.0 Å². The molecule has 0 fully saturated rings. The van der Waals surface area contributed by atoms with Gasteiger partial charge in [-0.2, -0.15) is 5.26 Å². The van der Waals surface area contributed by atoms with Gasteiger partial charge in [-0.1, -0.05) is 35.9 Å². The Morgan fingerprint density at radius 2 is 1.74 bits per heavy atom. The third kappa shape index (κ3) is 3.49. The van der Waals surface area contributed by atoms with Crippen LogP contribution in [0.25, 0.3) is 0 Å². The predicted molar refractivity (Wildman–Crippen MR) is 76.5 cm³/mol.